The van der Waals surface area contributed by atoms with Crippen LogP contribution in [0, 0.1) is 5.92 Å². The maximum Gasteiger partial charge on any atom is 0.311 e. The van der Waals surface area contributed by atoms with Gasteiger partial charge in [0.1, 0.15) is 5.92 Å². The number of ether oxygens (including phenoxy) is 1. The van der Waals surface area contributed by atoms with Crippen LogP contribution in [-0.2, 0) is 9.53 Å². The van der Waals surface area contributed by atoms with E-state index in [0.29, 0.717) is 11.2 Å². The topological polar surface area (TPSA) is 80.0 Å². The van der Waals surface area contributed by atoms with Crippen LogP contribution < -0.4 is 0 Å². The van der Waals surface area contributed by atoms with Crippen molar-refractivity contribution in [1.29, 1.82) is 0 Å². The molecule has 0 saturated carbocycles. The quantitative estimate of drug-likeness (QED) is 0.882. The van der Waals surface area contributed by atoms with Gasteiger partial charge in [-0.25, -0.2) is 0 Å². The van der Waals surface area contributed by atoms with Crippen LogP contribution in [0.1, 0.15) is 23.9 Å². The van der Waals surface area contributed by atoms with E-state index in [2.05, 4.69) is 15.9 Å². The molecule has 1 aromatic rings. The van der Waals surface area contributed by atoms with Crippen molar-refractivity contribution in [2.75, 3.05) is 19.8 Å². The lowest BCUT2D eigenvalue weighted by atomic mass is 10.0. The third-order valence-electron chi connectivity index (χ3n) is 3.28. The van der Waals surface area contributed by atoms with Crippen LogP contribution in [0.15, 0.2) is 21.2 Å². The number of hydrogen-bond donors (Lipinski definition) is 1. The highest BCUT2D eigenvalue weighted by molar-refractivity contribution is 9.10. The molecule has 6 nitrogen and oxygen atoms in total. The number of aliphatic carboxylic acids is 1. The molecule has 20 heavy (non-hydrogen) atoms. The van der Waals surface area contributed by atoms with Crippen LogP contribution in [-0.4, -0.2) is 47.7 Å². The van der Waals surface area contributed by atoms with Gasteiger partial charge in [-0.05, 0) is 34.5 Å². The molecule has 2 heterocycles. The highest BCUT2D eigenvalue weighted by atomic mass is 79.9. The Bertz CT molecular complexity index is 501. The molecule has 0 bridgehead atoms. The molecule has 0 aliphatic carbocycles. The zero-order valence-corrected chi connectivity index (χ0v) is 12.6. The summed E-state index contributed by atoms with van der Waals surface area (Å²) in [4.78, 5) is 25.2. The largest absolute Gasteiger partial charge is 0.481 e. The molecular formula is C13H16BrNO5. The van der Waals surface area contributed by atoms with Gasteiger partial charge >= 0.3 is 5.97 Å². The Hall–Kier alpha value is -1.34. The van der Waals surface area contributed by atoms with E-state index >= 15 is 0 Å². The number of amides is 1. The normalized spacial score (nSPS) is 21.9. The first kappa shape index (κ1) is 15.1. The van der Waals surface area contributed by atoms with E-state index in [1.54, 1.807) is 12.1 Å². The fourth-order valence-electron chi connectivity index (χ4n) is 2.32. The Morgan fingerprint density at radius 1 is 1.45 bits per heavy atom. The van der Waals surface area contributed by atoms with Crippen molar-refractivity contribution in [3.05, 3.63) is 22.6 Å². The zero-order valence-electron chi connectivity index (χ0n) is 11.0. The first-order chi connectivity index (χ1) is 9.54. The van der Waals surface area contributed by atoms with Gasteiger partial charge in [-0.2, -0.15) is 0 Å². The lowest BCUT2D eigenvalue weighted by Gasteiger charge is -2.29. The summed E-state index contributed by atoms with van der Waals surface area (Å²) in [5.41, 5.74) is 0. The molecule has 1 amide bonds. The molecule has 0 aromatic carbocycles. The van der Waals surface area contributed by atoms with Crippen LogP contribution in [0.2, 0.25) is 0 Å². The summed E-state index contributed by atoms with van der Waals surface area (Å²) in [6, 6.07) is 2.75. The maximum atomic E-state index is 12.5. The monoisotopic (exact) mass is 345 g/mol. The first-order valence-corrected chi connectivity index (χ1v) is 7.20. The van der Waals surface area contributed by atoms with Crippen molar-refractivity contribution in [3.8, 4) is 0 Å². The average molecular weight is 346 g/mol. The molecule has 110 valence electrons. The Labute approximate surface area is 124 Å². The molecule has 2 unspecified atom stereocenters. The Morgan fingerprint density at radius 3 is 2.75 bits per heavy atom. The molecular weight excluding hydrogens is 330 g/mol. The predicted molar refractivity (Wildman–Crippen MR) is 73.5 cm³/mol. The smallest absolute Gasteiger partial charge is 0.311 e. The van der Waals surface area contributed by atoms with Gasteiger partial charge in [0.15, 0.2) is 10.4 Å². The second-order valence-corrected chi connectivity index (χ2v) is 5.43. The van der Waals surface area contributed by atoms with Gasteiger partial charge in [-0.15, -0.1) is 0 Å². The van der Waals surface area contributed by atoms with Crippen molar-refractivity contribution >= 4 is 27.8 Å². The number of nitrogens with zero attached hydrogens (tertiary/aromatic N) is 1. The Kier molecular flexibility index (Phi) is 4.82. The third kappa shape index (κ3) is 3.04. The molecule has 2 atom stereocenters. The summed E-state index contributed by atoms with van der Waals surface area (Å²) in [5, 5.41) is 9.21. The summed E-state index contributed by atoms with van der Waals surface area (Å²) in [5.74, 6) is -1.74. The minimum absolute atomic E-state index is 0.134. The van der Waals surface area contributed by atoms with Gasteiger partial charge in [0.2, 0.25) is 0 Å². The number of rotatable bonds is 5. The van der Waals surface area contributed by atoms with Crippen LogP contribution in [0.25, 0.3) is 0 Å². The van der Waals surface area contributed by atoms with Crippen molar-refractivity contribution in [3.63, 3.8) is 0 Å². The van der Waals surface area contributed by atoms with Crippen molar-refractivity contribution < 1.29 is 23.8 Å². The van der Waals surface area contributed by atoms with Gasteiger partial charge < -0.3 is 19.2 Å². The van der Waals surface area contributed by atoms with Crippen LogP contribution in [0.5, 0.6) is 0 Å². The van der Waals surface area contributed by atoms with E-state index in [-0.39, 0.29) is 24.9 Å². The summed E-state index contributed by atoms with van der Waals surface area (Å²) in [6.45, 7) is 2.78. The van der Waals surface area contributed by atoms with Gasteiger partial charge in [0.25, 0.3) is 5.91 Å². The SMILES string of the molecule is CCCN(C(=O)c1ccc(Br)o1)C1COCC1C(=O)O. The van der Waals surface area contributed by atoms with Crippen molar-refractivity contribution in [2.24, 2.45) is 5.92 Å². The average Bonchev–Trinajstić information content (AvgIpc) is 3.03. The molecule has 0 radical (unpaired) electrons. The fraction of sp³-hybridized carbons (Fsp3) is 0.538. The van der Waals surface area contributed by atoms with Crippen LogP contribution in [0.4, 0.5) is 0 Å². The Morgan fingerprint density at radius 2 is 2.20 bits per heavy atom. The first-order valence-electron chi connectivity index (χ1n) is 6.41. The van der Waals surface area contributed by atoms with Gasteiger partial charge in [0, 0.05) is 6.54 Å². The highest BCUT2D eigenvalue weighted by Crippen LogP contribution is 2.24. The second kappa shape index (κ2) is 6.41. The van der Waals surface area contributed by atoms with E-state index in [4.69, 9.17) is 9.15 Å². The van der Waals surface area contributed by atoms with Gasteiger partial charge in [0.05, 0.1) is 19.3 Å². The van der Waals surface area contributed by atoms with E-state index < -0.39 is 17.9 Å². The van der Waals surface area contributed by atoms with E-state index in [1.807, 2.05) is 6.92 Å². The minimum atomic E-state index is -0.943. The lowest BCUT2D eigenvalue weighted by Crippen LogP contribution is -2.46. The molecule has 0 spiro atoms. The molecule has 1 saturated heterocycles. The Balaban J connectivity index is 2.22. The van der Waals surface area contributed by atoms with Crippen molar-refractivity contribution in [2.45, 2.75) is 19.4 Å². The summed E-state index contributed by atoms with van der Waals surface area (Å²) in [6.07, 6.45) is 0.733. The standard InChI is InChI=1S/C13H16BrNO5/c1-2-5-15(9-7-19-6-8(9)13(17)18)12(16)10-3-4-11(14)20-10/h3-4,8-9H,2,5-7H2,1H3,(H,17,18). The molecule has 2 rings (SSSR count). The third-order valence-corrected chi connectivity index (χ3v) is 3.70. The van der Waals surface area contributed by atoms with Crippen LogP contribution in [0.3, 0.4) is 0 Å². The van der Waals surface area contributed by atoms with E-state index in [1.165, 1.54) is 4.90 Å². The molecule has 7 heteroatoms. The molecule has 1 aliphatic rings. The number of carbonyl (C=O) groups is 2. The number of carbonyl (C=O) groups excluding carboxylic acids is 1. The fourth-order valence-corrected chi connectivity index (χ4v) is 2.62. The second-order valence-electron chi connectivity index (χ2n) is 4.65. The number of furan rings is 1. The lowest BCUT2D eigenvalue weighted by molar-refractivity contribution is -0.142. The van der Waals surface area contributed by atoms with Crippen molar-refractivity contribution in [1.82, 2.24) is 4.90 Å². The van der Waals surface area contributed by atoms with Gasteiger partial charge in [-0.3, -0.25) is 9.59 Å². The molecule has 1 aliphatic heterocycles. The van der Waals surface area contributed by atoms with E-state index in [0.717, 1.165) is 6.42 Å². The molecule has 1 aromatic heterocycles. The zero-order chi connectivity index (χ0) is 14.7. The molecule has 1 N–H and O–H groups in total. The van der Waals surface area contributed by atoms with Crippen LogP contribution >= 0.6 is 15.9 Å². The number of carboxylic acids is 1. The number of carboxylic acid groups (broad SMARTS) is 1. The van der Waals surface area contributed by atoms with Gasteiger partial charge in [-0.1, -0.05) is 6.92 Å². The highest BCUT2D eigenvalue weighted by Gasteiger charge is 2.40. The number of halogens is 1. The summed E-state index contributed by atoms with van der Waals surface area (Å²) in [7, 11) is 0. The predicted octanol–water partition coefficient (Wildman–Crippen LogP) is 1.99. The molecule has 1 fully saturated rings. The minimum Gasteiger partial charge on any atom is -0.481 e. The maximum absolute atomic E-state index is 12.5. The van der Waals surface area contributed by atoms with E-state index in [9.17, 15) is 14.7 Å². The summed E-state index contributed by atoms with van der Waals surface area (Å²) >= 11 is 3.15. The number of hydrogen-bond acceptors (Lipinski definition) is 4. The summed E-state index contributed by atoms with van der Waals surface area (Å²) < 4.78 is 11.0.